The molecule has 1 aliphatic rings. The lowest BCUT2D eigenvalue weighted by atomic mass is 10.0. The van der Waals surface area contributed by atoms with Gasteiger partial charge in [0, 0.05) is 13.6 Å². The molecule has 0 amide bonds. The van der Waals surface area contributed by atoms with Gasteiger partial charge in [-0.3, -0.25) is 0 Å². The van der Waals surface area contributed by atoms with Crippen molar-refractivity contribution < 1.29 is 15.0 Å². The molecule has 0 unspecified atom stereocenters. The second-order valence-corrected chi connectivity index (χ2v) is 5.61. The summed E-state index contributed by atoms with van der Waals surface area (Å²) in [4.78, 5) is 13.2. The maximum Gasteiger partial charge on any atom is 0.337 e. The maximum atomic E-state index is 11.3. The van der Waals surface area contributed by atoms with Crippen LogP contribution in [0, 0.1) is 6.92 Å². The van der Waals surface area contributed by atoms with Gasteiger partial charge in [-0.1, -0.05) is 24.5 Å². The number of carboxylic acids is 1. The lowest BCUT2D eigenvalue weighted by molar-refractivity contribution is 0.0555. The third-order valence-corrected chi connectivity index (χ3v) is 3.86. The predicted molar refractivity (Wildman–Crippen MR) is 74.8 cm³/mol. The molecule has 0 heterocycles. The minimum Gasteiger partial charge on any atom is -0.478 e. The summed E-state index contributed by atoms with van der Waals surface area (Å²) in [6, 6.07) is 5.39. The molecule has 104 valence electrons. The van der Waals surface area contributed by atoms with Crippen LogP contribution in [0.2, 0.25) is 0 Å². The molecule has 1 saturated carbocycles. The van der Waals surface area contributed by atoms with Crippen LogP contribution in [0.25, 0.3) is 0 Å². The van der Waals surface area contributed by atoms with Crippen molar-refractivity contribution in [1.29, 1.82) is 0 Å². The minimum absolute atomic E-state index is 0.295. The molecule has 1 aromatic rings. The summed E-state index contributed by atoms with van der Waals surface area (Å²) in [6.07, 6.45) is 3.69. The number of aliphatic hydroxyl groups is 1. The van der Waals surface area contributed by atoms with Crippen LogP contribution in [0.4, 0.5) is 5.69 Å². The Hall–Kier alpha value is -1.55. The molecule has 0 atom stereocenters. The molecular weight excluding hydrogens is 242 g/mol. The predicted octanol–water partition coefficient (Wildman–Crippen LogP) is 2.43. The monoisotopic (exact) mass is 263 g/mol. The van der Waals surface area contributed by atoms with E-state index in [2.05, 4.69) is 0 Å². The highest BCUT2D eigenvalue weighted by atomic mass is 16.4. The fraction of sp³-hybridized carbons (Fsp3) is 0.533. The molecule has 0 saturated heterocycles. The summed E-state index contributed by atoms with van der Waals surface area (Å²) in [7, 11) is 1.84. The second kappa shape index (κ2) is 5.21. The molecule has 19 heavy (non-hydrogen) atoms. The average Bonchev–Trinajstić information content (AvgIpc) is 2.75. The Bertz CT molecular complexity index is 478. The van der Waals surface area contributed by atoms with Crippen LogP contribution in [-0.2, 0) is 0 Å². The van der Waals surface area contributed by atoms with Gasteiger partial charge in [0.2, 0.25) is 0 Å². The van der Waals surface area contributed by atoms with E-state index in [4.69, 9.17) is 0 Å². The normalized spacial score (nSPS) is 17.4. The molecular formula is C15H21NO3. The van der Waals surface area contributed by atoms with Gasteiger partial charge in [0.05, 0.1) is 16.9 Å². The van der Waals surface area contributed by atoms with Gasteiger partial charge >= 0.3 is 5.97 Å². The third-order valence-electron chi connectivity index (χ3n) is 3.86. The van der Waals surface area contributed by atoms with Crippen molar-refractivity contribution in [3.63, 3.8) is 0 Å². The first kappa shape index (κ1) is 13.9. The fourth-order valence-corrected chi connectivity index (χ4v) is 2.87. The second-order valence-electron chi connectivity index (χ2n) is 5.61. The number of aryl methyl sites for hydroxylation is 1. The molecule has 0 bridgehead atoms. The van der Waals surface area contributed by atoms with Gasteiger partial charge in [-0.05, 0) is 31.9 Å². The number of benzene rings is 1. The van der Waals surface area contributed by atoms with E-state index in [1.807, 2.05) is 31.0 Å². The minimum atomic E-state index is -0.927. The molecule has 4 heteroatoms. The van der Waals surface area contributed by atoms with Gasteiger partial charge < -0.3 is 15.1 Å². The Labute approximate surface area is 113 Å². The van der Waals surface area contributed by atoms with Gasteiger partial charge in [-0.15, -0.1) is 0 Å². The van der Waals surface area contributed by atoms with Crippen molar-refractivity contribution >= 4 is 11.7 Å². The molecule has 4 nitrogen and oxygen atoms in total. The summed E-state index contributed by atoms with van der Waals surface area (Å²) >= 11 is 0. The van der Waals surface area contributed by atoms with Crippen LogP contribution in [0.1, 0.15) is 41.6 Å². The zero-order valence-corrected chi connectivity index (χ0v) is 11.5. The Kier molecular flexibility index (Phi) is 3.80. The van der Waals surface area contributed by atoms with E-state index < -0.39 is 11.6 Å². The highest BCUT2D eigenvalue weighted by Crippen LogP contribution is 2.32. The Balaban J connectivity index is 2.23. The van der Waals surface area contributed by atoms with E-state index in [9.17, 15) is 15.0 Å². The maximum absolute atomic E-state index is 11.3. The standard InChI is InChI=1S/C15H21NO3/c1-11-5-6-13(12(9-11)14(17)18)16(2)10-15(19)7-3-4-8-15/h5-6,9,19H,3-4,7-8,10H2,1-2H3,(H,17,18). The van der Waals surface area contributed by atoms with E-state index in [-0.39, 0.29) is 0 Å². The van der Waals surface area contributed by atoms with Crippen molar-refractivity contribution in [2.24, 2.45) is 0 Å². The van der Waals surface area contributed by atoms with Crippen LogP contribution in [0.15, 0.2) is 18.2 Å². The molecule has 0 aliphatic heterocycles. The first-order valence-corrected chi connectivity index (χ1v) is 6.69. The van der Waals surface area contributed by atoms with Gasteiger partial charge in [0.1, 0.15) is 0 Å². The number of carboxylic acid groups (broad SMARTS) is 1. The first-order valence-electron chi connectivity index (χ1n) is 6.69. The molecule has 1 aliphatic carbocycles. The Morgan fingerprint density at radius 1 is 1.37 bits per heavy atom. The Morgan fingerprint density at radius 2 is 2.00 bits per heavy atom. The van der Waals surface area contributed by atoms with Crippen LogP contribution in [-0.4, -0.2) is 35.4 Å². The van der Waals surface area contributed by atoms with Crippen LogP contribution in [0.3, 0.4) is 0 Å². The molecule has 2 rings (SSSR count). The van der Waals surface area contributed by atoms with Crippen LogP contribution >= 0.6 is 0 Å². The van der Waals surface area contributed by atoms with E-state index in [0.717, 1.165) is 31.2 Å². The van der Waals surface area contributed by atoms with Crippen molar-refractivity contribution in [3.05, 3.63) is 29.3 Å². The summed E-state index contributed by atoms with van der Waals surface area (Å²) in [5.74, 6) is -0.927. The summed E-state index contributed by atoms with van der Waals surface area (Å²) in [5.41, 5.74) is 1.21. The number of hydrogen-bond acceptors (Lipinski definition) is 3. The van der Waals surface area contributed by atoms with Gasteiger partial charge in [0.25, 0.3) is 0 Å². The van der Waals surface area contributed by atoms with E-state index >= 15 is 0 Å². The SMILES string of the molecule is Cc1ccc(N(C)CC2(O)CCCC2)c(C(=O)O)c1. The number of nitrogens with zero attached hydrogens (tertiary/aromatic N) is 1. The number of carbonyl (C=O) groups is 1. The summed E-state index contributed by atoms with van der Waals surface area (Å²) in [5, 5.41) is 19.7. The zero-order valence-electron chi connectivity index (χ0n) is 11.5. The topological polar surface area (TPSA) is 60.8 Å². The summed E-state index contributed by atoms with van der Waals surface area (Å²) < 4.78 is 0. The molecule has 0 radical (unpaired) electrons. The quantitative estimate of drug-likeness (QED) is 0.876. The van der Waals surface area contributed by atoms with E-state index in [0.29, 0.717) is 17.8 Å². The molecule has 2 N–H and O–H groups in total. The number of anilines is 1. The highest BCUT2D eigenvalue weighted by Gasteiger charge is 2.33. The smallest absolute Gasteiger partial charge is 0.337 e. The van der Waals surface area contributed by atoms with Crippen LogP contribution < -0.4 is 4.90 Å². The van der Waals surface area contributed by atoms with Crippen molar-refractivity contribution in [2.45, 2.75) is 38.2 Å². The largest absolute Gasteiger partial charge is 0.478 e. The first-order chi connectivity index (χ1) is 8.91. The number of rotatable bonds is 4. The van der Waals surface area contributed by atoms with Gasteiger partial charge in [-0.2, -0.15) is 0 Å². The lowest BCUT2D eigenvalue weighted by Gasteiger charge is -2.30. The molecule has 0 aromatic heterocycles. The Morgan fingerprint density at radius 3 is 2.58 bits per heavy atom. The summed E-state index contributed by atoms with van der Waals surface area (Å²) in [6.45, 7) is 2.36. The zero-order chi connectivity index (χ0) is 14.0. The average molecular weight is 263 g/mol. The fourth-order valence-electron chi connectivity index (χ4n) is 2.87. The van der Waals surface area contributed by atoms with Crippen molar-refractivity contribution in [2.75, 3.05) is 18.5 Å². The van der Waals surface area contributed by atoms with E-state index in [1.165, 1.54) is 0 Å². The lowest BCUT2D eigenvalue weighted by Crippen LogP contribution is -2.39. The van der Waals surface area contributed by atoms with Crippen molar-refractivity contribution in [3.8, 4) is 0 Å². The highest BCUT2D eigenvalue weighted by molar-refractivity contribution is 5.94. The van der Waals surface area contributed by atoms with Gasteiger partial charge in [-0.25, -0.2) is 4.79 Å². The van der Waals surface area contributed by atoms with Crippen molar-refractivity contribution in [1.82, 2.24) is 0 Å². The number of hydrogen-bond donors (Lipinski definition) is 2. The third kappa shape index (κ3) is 3.07. The van der Waals surface area contributed by atoms with Gasteiger partial charge in [0.15, 0.2) is 0 Å². The molecule has 1 aromatic carbocycles. The number of aromatic carboxylic acids is 1. The molecule has 1 fully saturated rings. The van der Waals surface area contributed by atoms with Crippen LogP contribution in [0.5, 0.6) is 0 Å². The van der Waals surface area contributed by atoms with E-state index in [1.54, 1.807) is 6.07 Å². The molecule has 0 spiro atoms. The number of likely N-dealkylation sites (N-methyl/N-ethyl adjacent to an activating group) is 1.